The van der Waals surface area contributed by atoms with Gasteiger partial charge in [0.2, 0.25) is 11.8 Å². The van der Waals surface area contributed by atoms with Gasteiger partial charge in [0.1, 0.15) is 6.54 Å². The van der Waals surface area contributed by atoms with E-state index in [-0.39, 0.29) is 24.1 Å². The van der Waals surface area contributed by atoms with Crippen LogP contribution in [0.25, 0.3) is 0 Å². The van der Waals surface area contributed by atoms with Crippen molar-refractivity contribution in [3.05, 3.63) is 58.7 Å². The van der Waals surface area contributed by atoms with E-state index in [0.29, 0.717) is 11.3 Å². The number of benzene rings is 2. The number of aryl methyl sites for hydroxylation is 3. The molecule has 0 aliphatic carbocycles. The lowest BCUT2D eigenvalue weighted by atomic mass is 10.0. The quantitative estimate of drug-likeness (QED) is 0.832. The van der Waals surface area contributed by atoms with Gasteiger partial charge in [0.25, 0.3) is 0 Å². The second kappa shape index (κ2) is 7.95. The number of hydrogen-bond acceptors (Lipinski definition) is 3. The van der Waals surface area contributed by atoms with Crippen molar-refractivity contribution in [1.82, 2.24) is 0 Å². The number of nitrogens with one attached hydrogen (secondary N) is 1. The van der Waals surface area contributed by atoms with Crippen LogP contribution in [0.5, 0.6) is 0 Å². The molecule has 0 radical (unpaired) electrons. The van der Waals surface area contributed by atoms with E-state index in [4.69, 9.17) is 0 Å². The predicted octanol–water partition coefficient (Wildman–Crippen LogP) is 3.81. The molecule has 0 saturated carbocycles. The standard InChI is InChI=1S/C21H24N2O3/c1-13-10-14(2)21(15(3)11-13)23(17(5)25)12-20(26)22-19-8-6-18(7-9-19)16(4)24/h6-11H,12H2,1-5H3,(H,22,26). The molecule has 0 spiro atoms. The second-order valence-corrected chi connectivity index (χ2v) is 6.53. The Labute approximate surface area is 154 Å². The van der Waals surface area contributed by atoms with Gasteiger partial charge in [-0.05, 0) is 63.1 Å². The van der Waals surface area contributed by atoms with E-state index in [2.05, 4.69) is 5.32 Å². The van der Waals surface area contributed by atoms with Crippen molar-refractivity contribution in [2.24, 2.45) is 0 Å². The summed E-state index contributed by atoms with van der Waals surface area (Å²) >= 11 is 0. The number of carbonyl (C=O) groups excluding carboxylic acids is 3. The molecule has 5 nitrogen and oxygen atoms in total. The molecule has 0 unspecified atom stereocenters. The molecule has 2 aromatic rings. The van der Waals surface area contributed by atoms with E-state index in [1.165, 1.54) is 18.7 Å². The Morgan fingerprint density at radius 2 is 1.46 bits per heavy atom. The molecule has 0 saturated heterocycles. The smallest absolute Gasteiger partial charge is 0.244 e. The molecule has 0 heterocycles. The van der Waals surface area contributed by atoms with Crippen molar-refractivity contribution < 1.29 is 14.4 Å². The van der Waals surface area contributed by atoms with Crippen LogP contribution in [-0.2, 0) is 9.59 Å². The monoisotopic (exact) mass is 352 g/mol. The first-order chi connectivity index (χ1) is 12.2. The van der Waals surface area contributed by atoms with Gasteiger partial charge in [-0.3, -0.25) is 14.4 Å². The Bertz CT molecular complexity index is 831. The topological polar surface area (TPSA) is 66.5 Å². The van der Waals surface area contributed by atoms with Crippen LogP contribution in [0.15, 0.2) is 36.4 Å². The molecular weight excluding hydrogens is 328 g/mol. The van der Waals surface area contributed by atoms with Crippen molar-refractivity contribution in [1.29, 1.82) is 0 Å². The van der Waals surface area contributed by atoms with E-state index >= 15 is 0 Å². The van der Waals surface area contributed by atoms with Gasteiger partial charge in [0.05, 0.1) is 5.69 Å². The number of hydrogen-bond donors (Lipinski definition) is 1. The van der Waals surface area contributed by atoms with Crippen molar-refractivity contribution in [3.63, 3.8) is 0 Å². The third-order valence-corrected chi connectivity index (χ3v) is 4.16. The first-order valence-electron chi connectivity index (χ1n) is 8.46. The van der Waals surface area contributed by atoms with Gasteiger partial charge >= 0.3 is 0 Å². The van der Waals surface area contributed by atoms with Crippen LogP contribution in [0.1, 0.15) is 40.9 Å². The fraction of sp³-hybridized carbons (Fsp3) is 0.286. The minimum Gasteiger partial charge on any atom is -0.325 e. The summed E-state index contributed by atoms with van der Waals surface area (Å²) in [6.45, 7) is 8.74. The molecule has 0 atom stereocenters. The van der Waals surface area contributed by atoms with Crippen LogP contribution in [0.3, 0.4) is 0 Å². The zero-order chi connectivity index (χ0) is 19.4. The molecular formula is C21H24N2O3. The maximum Gasteiger partial charge on any atom is 0.244 e. The predicted molar refractivity (Wildman–Crippen MR) is 104 cm³/mol. The molecule has 0 aliphatic rings. The van der Waals surface area contributed by atoms with Gasteiger partial charge in [-0.1, -0.05) is 17.7 Å². The average molecular weight is 352 g/mol. The molecule has 0 aliphatic heterocycles. The number of anilines is 2. The summed E-state index contributed by atoms with van der Waals surface area (Å²) in [5, 5.41) is 2.77. The fourth-order valence-corrected chi connectivity index (χ4v) is 3.08. The van der Waals surface area contributed by atoms with E-state index in [1.807, 2.05) is 32.9 Å². The zero-order valence-corrected chi connectivity index (χ0v) is 15.8. The normalized spacial score (nSPS) is 10.3. The summed E-state index contributed by atoms with van der Waals surface area (Å²) in [6.07, 6.45) is 0. The lowest BCUT2D eigenvalue weighted by Crippen LogP contribution is -2.37. The van der Waals surface area contributed by atoms with Crippen molar-refractivity contribution in [3.8, 4) is 0 Å². The van der Waals surface area contributed by atoms with Gasteiger partial charge < -0.3 is 10.2 Å². The molecule has 0 aromatic heterocycles. The summed E-state index contributed by atoms with van der Waals surface area (Å²) < 4.78 is 0. The molecule has 2 amide bonds. The molecule has 1 N–H and O–H groups in total. The highest BCUT2D eigenvalue weighted by molar-refractivity contribution is 6.03. The van der Waals surface area contributed by atoms with Crippen molar-refractivity contribution in [2.75, 3.05) is 16.8 Å². The molecule has 2 aromatic carbocycles. The lowest BCUT2D eigenvalue weighted by molar-refractivity contribution is -0.120. The van der Waals surface area contributed by atoms with Crippen LogP contribution in [-0.4, -0.2) is 24.1 Å². The molecule has 26 heavy (non-hydrogen) atoms. The summed E-state index contributed by atoms with van der Waals surface area (Å²) in [6, 6.07) is 10.7. The van der Waals surface area contributed by atoms with E-state index in [0.717, 1.165) is 22.4 Å². The summed E-state index contributed by atoms with van der Waals surface area (Å²) in [7, 11) is 0. The van der Waals surface area contributed by atoms with Crippen LogP contribution in [0, 0.1) is 20.8 Å². The van der Waals surface area contributed by atoms with E-state index in [1.54, 1.807) is 24.3 Å². The number of ketones is 1. The highest BCUT2D eigenvalue weighted by Crippen LogP contribution is 2.26. The third kappa shape index (κ3) is 4.57. The molecule has 5 heteroatoms. The van der Waals surface area contributed by atoms with Gasteiger partial charge in [-0.2, -0.15) is 0 Å². The van der Waals surface area contributed by atoms with E-state index in [9.17, 15) is 14.4 Å². The molecule has 0 fully saturated rings. The SMILES string of the molecule is CC(=O)c1ccc(NC(=O)CN(C(C)=O)c2c(C)cc(C)cc2C)cc1. The first-order valence-corrected chi connectivity index (χ1v) is 8.46. The Morgan fingerprint density at radius 1 is 0.923 bits per heavy atom. The maximum absolute atomic E-state index is 12.4. The van der Waals surface area contributed by atoms with Crippen LogP contribution in [0.2, 0.25) is 0 Å². The number of nitrogens with zero attached hydrogens (tertiary/aromatic N) is 1. The van der Waals surface area contributed by atoms with Gasteiger partial charge in [0, 0.05) is 18.2 Å². The number of rotatable bonds is 5. The average Bonchev–Trinajstić information content (AvgIpc) is 2.53. The minimum absolute atomic E-state index is 0.0315. The third-order valence-electron chi connectivity index (χ3n) is 4.16. The minimum atomic E-state index is -0.296. The molecule has 136 valence electrons. The second-order valence-electron chi connectivity index (χ2n) is 6.53. The Morgan fingerprint density at radius 3 is 1.92 bits per heavy atom. The van der Waals surface area contributed by atoms with Crippen LogP contribution < -0.4 is 10.2 Å². The summed E-state index contributed by atoms with van der Waals surface area (Å²) in [5.41, 5.74) is 4.96. The number of Topliss-reactive ketones (excluding diaryl/α,β-unsaturated/α-hetero) is 1. The van der Waals surface area contributed by atoms with Crippen molar-refractivity contribution >= 4 is 29.0 Å². The van der Waals surface area contributed by atoms with Crippen LogP contribution >= 0.6 is 0 Å². The fourth-order valence-electron chi connectivity index (χ4n) is 3.08. The summed E-state index contributed by atoms with van der Waals surface area (Å²) in [4.78, 5) is 37.4. The number of amides is 2. The zero-order valence-electron chi connectivity index (χ0n) is 15.8. The van der Waals surface area contributed by atoms with Gasteiger partial charge in [-0.25, -0.2) is 0 Å². The maximum atomic E-state index is 12.4. The Hall–Kier alpha value is -2.95. The Kier molecular flexibility index (Phi) is 5.93. The highest BCUT2D eigenvalue weighted by atomic mass is 16.2. The highest BCUT2D eigenvalue weighted by Gasteiger charge is 2.20. The molecule has 0 bridgehead atoms. The van der Waals surface area contributed by atoms with Crippen molar-refractivity contribution in [2.45, 2.75) is 34.6 Å². The van der Waals surface area contributed by atoms with Gasteiger partial charge in [-0.15, -0.1) is 0 Å². The van der Waals surface area contributed by atoms with Gasteiger partial charge in [0.15, 0.2) is 5.78 Å². The largest absolute Gasteiger partial charge is 0.325 e. The first kappa shape index (κ1) is 19.4. The number of carbonyl (C=O) groups is 3. The van der Waals surface area contributed by atoms with Crippen LogP contribution in [0.4, 0.5) is 11.4 Å². The summed E-state index contributed by atoms with van der Waals surface area (Å²) in [5.74, 6) is -0.520. The lowest BCUT2D eigenvalue weighted by Gasteiger charge is -2.25. The molecule has 2 rings (SSSR count). The van der Waals surface area contributed by atoms with E-state index < -0.39 is 0 Å². The Balaban J connectivity index is 2.19.